The molecule has 0 atom stereocenters. The molecule has 1 amide bonds. The number of nitriles is 1. The van der Waals surface area contributed by atoms with Crippen LogP contribution in [0.25, 0.3) is 0 Å². The summed E-state index contributed by atoms with van der Waals surface area (Å²) in [6.45, 7) is 0.640. The highest BCUT2D eigenvalue weighted by Crippen LogP contribution is 2.30. The summed E-state index contributed by atoms with van der Waals surface area (Å²) in [6.07, 6.45) is 5.83. The quantitative estimate of drug-likeness (QED) is 0.755. The molecule has 94 valence electrons. The summed E-state index contributed by atoms with van der Waals surface area (Å²) >= 11 is 2.00. The molecule has 4 heteroatoms. The Morgan fingerprint density at radius 2 is 2.00 bits per heavy atom. The third-order valence-corrected chi connectivity index (χ3v) is 4.63. The Kier molecular flexibility index (Phi) is 4.73. The molecule has 0 radical (unpaired) electrons. The van der Waals surface area contributed by atoms with Crippen LogP contribution in [0.2, 0.25) is 0 Å². The zero-order valence-electron chi connectivity index (χ0n) is 10.2. The molecule has 2 aliphatic rings. The summed E-state index contributed by atoms with van der Waals surface area (Å²) in [7, 11) is 0. The van der Waals surface area contributed by atoms with Gasteiger partial charge in [-0.2, -0.15) is 17.0 Å². The average Bonchev–Trinajstić information content (AvgIpc) is 3.15. The molecule has 0 N–H and O–H groups in total. The second kappa shape index (κ2) is 6.30. The number of thioether (sulfide) groups is 1. The van der Waals surface area contributed by atoms with Crippen molar-refractivity contribution in [3.63, 3.8) is 0 Å². The van der Waals surface area contributed by atoms with Gasteiger partial charge in [0, 0.05) is 19.0 Å². The lowest BCUT2D eigenvalue weighted by molar-refractivity contribution is -0.132. The van der Waals surface area contributed by atoms with E-state index in [0.29, 0.717) is 37.3 Å². The minimum Gasteiger partial charge on any atom is -0.339 e. The largest absolute Gasteiger partial charge is 0.339 e. The van der Waals surface area contributed by atoms with Crippen molar-refractivity contribution in [3.8, 4) is 6.07 Å². The molecule has 0 aromatic heterocycles. The molecule has 0 aromatic rings. The number of hydrogen-bond donors (Lipinski definition) is 0. The molecule has 0 bridgehead atoms. The number of hydrogen-bond acceptors (Lipinski definition) is 3. The maximum Gasteiger partial charge on any atom is 0.223 e. The Morgan fingerprint density at radius 3 is 2.59 bits per heavy atom. The Hall–Kier alpha value is -0.690. The maximum atomic E-state index is 12.2. The summed E-state index contributed by atoms with van der Waals surface area (Å²) in [5.74, 6) is 3.30. The molecule has 17 heavy (non-hydrogen) atoms. The average molecular weight is 252 g/mol. The number of carbonyl (C=O) groups is 1. The topological polar surface area (TPSA) is 44.1 Å². The van der Waals surface area contributed by atoms with Crippen LogP contribution in [0.3, 0.4) is 0 Å². The highest BCUT2D eigenvalue weighted by molar-refractivity contribution is 7.99. The molecular weight excluding hydrogens is 232 g/mol. The highest BCUT2D eigenvalue weighted by atomic mass is 32.2. The third-order valence-electron chi connectivity index (χ3n) is 3.58. The Bertz CT molecular complexity index is 303. The van der Waals surface area contributed by atoms with Crippen molar-refractivity contribution in [3.05, 3.63) is 0 Å². The molecule has 0 spiro atoms. The van der Waals surface area contributed by atoms with Gasteiger partial charge >= 0.3 is 0 Å². The van der Waals surface area contributed by atoms with E-state index in [1.165, 1.54) is 24.3 Å². The van der Waals surface area contributed by atoms with Gasteiger partial charge in [0.25, 0.3) is 0 Å². The maximum absolute atomic E-state index is 12.2. The van der Waals surface area contributed by atoms with E-state index in [-0.39, 0.29) is 0 Å². The first-order chi connectivity index (χ1) is 8.31. The molecule has 2 rings (SSSR count). The van der Waals surface area contributed by atoms with Crippen molar-refractivity contribution in [1.82, 2.24) is 4.90 Å². The van der Waals surface area contributed by atoms with Crippen molar-refractivity contribution in [1.29, 1.82) is 5.26 Å². The summed E-state index contributed by atoms with van der Waals surface area (Å²) in [4.78, 5) is 14.2. The molecular formula is C13H20N2OS. The normalized spacial score (nSPS) is 20.9. The molecule has 1 saturated heterocycles. The van der Waals surface area contributed by atoms with Gasteiger partial charge in [0.1, 0.15) is 0 Å². The van der Waals surface area contributed by atoms with E-state index in [2.05, 4.69) is 6.07 Å². The van der Waals surface area contributed by atoms with Gasteiger partial charge in [-0.15, -0.1) is 0 Å². The predicted molar refractivity (Wildman–Crippen MR) is 69.6 cm³/mol. The Balaban J connectivity index is 1.80. The second-order valence-corrected chi connectivity index (χ2v) is 6.21. The van der Waals surface area contributed by atoms with E-state index in [9.17, 15) is 4.79 Å². The zero-order valence-corrected chi connectivity index (χ0v) is 11.0. The lowest BCUT2D eigenvalue weighted by atomic mass is 9.98. The fraction of sp³-hybridized carbons (Fsp3) is 0.846. The third kappa shape index (κ3) is 3.92. The minimum absolute atomic E-state index is 0.291. The van der Waals surface area contributed by atoms with Gasteiger partial charge in [0.2, 0.25) is 5.91 Å². The number of amides is 1. The van der Waals surface area contributed by atoms with Gasteiger partial charge in [0.05, 0.1) is 12.5 Å². The van der Waals surface area contributed by atoms with E-state index in [1.54, 1.807) is 0 Å². The zero-order chi connectivity index (χ0) is 12.1. The van der Waals surface area contributed by atoms with E-state index in [0.717, 1.165) is 12.8 Å². The van der Waals surface area contributed by atoms with Crippen molar-refractivity contribution < 1.29 is 4.79 Å². The van der Waals surface area contributed by atoms with Crippen molar-refractivity contribution in [2.75, 3.05) is 18.1 Å². The predicted octanol–water partition coefficient (Wildman–Crippen LogP) is 2.42. The van der Waals surface area contributed by atoms with Crippen molar-refractivity contribution in [2.24, 2.45) is 5.92 Å². The Labute approximate surface area is 108 Å². The van der Waals surface area contributed by atoms with E-state index < -0.39 is 0 Å². The van der Waals surface area contributed by atoms with E-state index in [1.807, 2.05) is 16.7 Å². The summed E-state index contributed by atoms with van der Waals surface area (Å²) in [6, 6.07) is 2.59. The van der Waals surface area contributed by atoms with E-state index >= 15 is 0 Å². The first kappa shape index (κ1) is 12.8. The molecule has 1 aliphatic carbocycles. The number of rotatable bonds is 5. The fourth-order valence-electron chi connectivity index (χ4n) is 2.38. The molecule has 0 unspecified atom stereocenters. The second-order valence-electron chi connectivity index (χ2n) is 4.99. The minimum atomic E-state index is 0.291. The lowest BCUT2D eigenvalue weighted by Gasteiger charge is -2.26. The molecule has 2 fully saturated rings. The SMILES string of the molecule is N#CCCN(C(=O)CC1CCSCC1)C1CC1. The van der Waals surface area contributed by atoms with Gasteiger partial charge in [-0.05, 0) is 43.1 Å². The van der Waals surface area contributed by atoms with Crippen LogP contribution in [0.5, 0.6) is 0 Å². The van der Waals surface area contributed by atoms with Crippen molar-refractivity contribution >= 4 is 17.7 Å². The first-order valence-corrected chi connectivity index (χ1v) is 7.71. The van der Waals surface area contributed by atoms with Gasteiger partial charge in [-0.1, -0.05) is 0 Å². The standard InChI is InChI=1S/C13H20N2OS/c14-6-1-7-15(12-2-3-12)13(16)10-11-4-8-17-9-5-11/h11-12H,1-5,7-10H2. The Morgan fingerprint density at radius 1 is 1.29 bits per heavy atom. The summed E-state index contributed by atoms with van der Waals surface area (Å²) in [5, 5.41) is 8.63. The molecule has 0 aromatic carbocycles. The lowest BCUT2D eigenvalue weighted by Crippen LogP contribution is -2.35. The molecule has 1 heterocycles. The van der Waals surface area contributed by atoms with Crippen molar-refractivity contribution in [2.45, 2.75) is 44.6 Å². The van der Waals surface area contributed by atoms with Crippen LogP contribution in [0, 0.1) is 17.2 Å². The van der Waals surface area contributed by atoms with Gasteiger partial charge < -0.3 is 4.90 Å². The van der Waals surface area contributed by atoms with Crippen LogP contribution in [0.15, 0.2) is 0 Å². The molecule has 1 aliphatic heterocycles. The van der Waals surface area contributed by atoms with E-state index in [4.69, 9.17) is 5.26 Å². The molecule has 3 nitrogen and oxygen atoms in total. The van der Waals surface area contributed by atoms with Gasteiger partial charge in [0.15, 0.2) is 0 Å². The van der Waals surface area contributed by atoms with Crippen LogP contribution < -0.4 is 0 Å². The van der Waals surface area contributed by atoms with Crippen LogP contribution >= 0.6 is 11.8 Å². The van der Waals surface area contributed by atoms with Crippen LogP contribution in [-0.4, -0.2) is 34.9 Å². The van der Waals surface area contributed by atoms with Gasteiger partial charge in [-0.3, -0.25) is 4.79 Å². The summed E-state index contributed by atoms with van der Waals surface area (Å²) in [5.41, 5.74) is 0. The molecule has 1 saturated carbocycles. The first-order valence-electron chi connectivity index (χ1n) is 6.55. The van der Waals surface area contributed by atoms with Gasteiger partial charge in [-0.25, -0.2) is 0 Å². The van der Waals surface area contributed by atoms with Crippen LogP contribution in [0.4, 0.5) is 0 Å². The number of nitrogens with zero attached hydrogens (tertiary/aromatic N) is 2. The fourth-order valence-corrected chi connectivity index (χ4v) is 3.59. The van der Waals surface area contributed by atoms with Crippen LogP contribution in [-0.2, 0) is 4.79 Å². The van der Waals surface area contributed by atoms with Crippen LogP contribution in [0.1, 0.15) is 38.5 Å². The smallest absolute Gasteiger partial charge is 0.223 e. The monoisotopic (exact) mass is 252 g/mol. The highest BCUT2D eigenvalue weighted by Gasteiger charge is 2.33. The summed E-state index contributed by atoms with van der Waals surface area (Å²) < 4.78 is 0. The number of carbonyl (C=O) groups excluding carboxylic acids is 1.